The molecule has 1 aliphatic heterocycles. The van der Waals surface area contributed by atoms with E-state index >= 15 is 0 Å². The average Bonchev–Trinajstić information content (AvgIpc) is 3.21. The summed E-state index contributed by atoms with van der Waals surface area (Å²) in [5, 5.41) is 13.7. The summed E-state index contributed by atoms with van der Waals surface area (Å²) in [7, 11) is 1.70. The zero-order chi connectivity index (χ0) is 22.2. The SMILES string of the molecule is COc1ccc(C)cc1CCNC(=NCc1ccn[nH]1)Nc1ccc2c(c1)OCCCO2.I. The molecular weight excluding hydrogens is 533 g/mol. The number of anilines is 1. The quantitative estimate of drug-likeness (QED) is 0.226. The number of ether oxygens (including phenoxy) is 3. The molecule has 0 amide bonds. The molecule has 8 nitrogen and oxygen atoms in total. The number of hydrogen-bond donors (Lipinski definition) is 3. The molecule has 4 rings (SSSR count). The van der Waals surface area contributed by atoms with E-state index in [1.807, 2.05) is 30.3 Å². The standard InChI is InChI=1S/C24H29N5O3.HI/c1-17-4-6-21(30-2)18(14-17)8-10-25-24(26-16-20-9-11-27-29-20)28-19-5-7-22-23(15-19)32-13-3-12-31-22;/h4-7,9,11,14-15H,3,8,10,12-13,16H2,1-2H3,(H,27,29)(H2,25,26,28);1H. The van der Waals surface area contributed by atoms with Gasteiger partial charge < -0.3 is 24.8 Å². The van der Waals surface area contributed by atoms with Crippen molar-refractivity contribution in [1.29, 1.82) is 0 Å². The number of hydrogen-bond acceptors (Lipinski definition) is 5. The molecule has 9 heteroatoms. The number of nitrogens with zero attached hydrogens (tertiary/aromatic N) is 2. The van der Waals surface area contributed by atoms with Gasteiger partial charge in [0, 0.05) is 30.9 Å². The van der Waals surface area contributed by atoms with Crippen LogP contribution in [0.1, 0.15) is 23.2 Å². The fourth-order valence-electron chi connectivity index (χ4n) is 3.47. The minimum absolute atomic E-state index is 0. The highest BCUT2D eigenvalue weighted by atomic mass is 127. The van der Waals surface area contributed by atoms with Crippen LogP contribution < -0.4 is 24.8 Å². The number of methoxy groups -OCH3 is 1. The molecule has 2 heterocycles. The summed E-state index contributed by atoms with van der Waals surface area (Å²) < 4.78 is 17.0. The van der Waals surface area contributed by atoms with E-state index in [9.17, 15) is 0 Å². The van der Waals surface area contributed by atoms with Crippen molar-refractivity contribution in [3.63, 3.8) is 0 Å². The van der Waals surface area contributed by atoms with Gasteiger partial charge in [-0.15, -0.1) is 24.0 Å². The molecule has 2 aromatic carbocycles. The van der Waals surface area contributed by atoms with Crippen LogP contribution >= 0.6 is 24.0 Å². The van der Waals surface area contributed by atoms with Crippen LogP contribution in [0.3, 0.4) is 0 Å². The van der Waals surface area contributed by atoms with Crippen molar-refractivity contribution in [3.05, 3.63) is 65.5 Å². The highest BCUT2D eigenvalue weighted by Crippen LogP contribution is 2.32. The number of nitrogens with one attached hydrogen (secondary N) is 3. The van der Waals surface area contributed by atoms with Crippen molar-refractivity contribution in [2.45, 2.75) is 26.3 Å². The Bertz CT molecular complexity index is 1060. The maximum Gasteiger partial charge on any atom is 0.196 e. The van der Waals surface area contributed by atoms with Crippen LogP contribution in [-0.2, 0) is 13.0 Å². The summed E-state index contributed by atoms with van der Waals surface area (Å²) in [6, 6.07) is 14.0. The Balaban J connectivity index is 0.00000306. The Morgan fingerprint density at radius 1 is 1.12 bits per heavy atom. The van der Waals surface area contributed by atoms with Crippen molar-refractivity contribution < 1.29 is 14.2 Å². The predicted molar refractivity (Wildman–Crippen MR) is 140 cm³/mol. The molecule has 3 N–H and O–H groups in total. The lowest BCUT2D eigenvalue weighted by Crippen LogP contribution is -2.32. The number of aliphatic imine (C=N–C) groups is 1. The van der Waals surface area contributed by atoms with Crippen LogP contribution in [0.15, 0.2) is 53.7 Å². The van der Waals surface area contributed by atoms with Crippen molar-refractivity contribution in [2.75, 3.05) is 32.2 Å². The van der Waals surface area contributed by atoms with Crippen LogP contribution in [0, 0.1) is 6.92 Å². The van der Waals surface area contributed by atoms with Gasteiger partial charge in [-0.05, 0) is 43.2 Å². The zero-order valence-electron chi connectivity index (χ0n) is 18.9. The third kappa shape index (κ3) is 7.01. The monoisotopic (exact) mass is 563 g/mol. The summed E-state index contributed by atoms with van der Waals surface area (Å²) in [6.45, 7) is 4.57. The highest BCUT2D eigenvalue weighted by Gasteiger charge is 2.12. The van der Waals surface area contributed by atoms with Crippen LogP contribution in [0.5, 0.6) is 17.2 Å². The van der Waals surface area contributed by atoms with Crippen molar-refractivity contribution in [1.82, 2.24) is 15.5 Å². The molecule has 0 unspecified atom stereocenters. The van der Waals surface area contributed by atoms with Crippen molar-refractivity contribution in [3.8, 4) is 17.2 Å². The van der Waals surface area contributed by atoms with Crippen LogP contribution in [0.25, 0.3) is 0 Å². The number of H-pyrrole nitrogens is 1. The van der Waals surface area contributed by atoms with E-state index in [1.54, 1.807) is 13.3 Å². The molecule has 0 bridgehead atoms. The van der Waals surface area contributed by atoms with Crippen molar-refractivity contribution in [2.24, 2.45) is 4.99 Å². The Morgan fingerprint density at radius 3 is 2.76 bits per heavy atom. The Kier molecular flexibility index (Phi) is 9.23. The lowest BCUT2D eigenvalue weighted by molar-refractivity contribution is 0.297. The smallest absolute Gasteiger partial charge is 0.196 e. The van der Waals surface area contributed by atoms with E-state index in [2.05, 4.69) is 39.9 Å². The van der Waals surface area contributed by atoms with Crippen molar-refractivity contribution >= 4 is 35.6 Å². The van der Waals surface area contributed by atoms with Crippen LogP contribution in [-0.4, -0.2) is 43.0 Å². The number of aromatic amines is 1. The molecule has 0 radical (unpaired) electrons. The molecule has 0 spiro atoms. The van der Waals surface area contributed by atoms with Crippen LogP contribution in [0.2, 0.25) is 0 Å². The highest BCUT2D eigenvalue weighted by molar-refractivity contribution is 14.0. The number of rotatable bonds is 7. The fourth-order valence-corrected chi connectivity index (χ4v) is 3.47. The molecule has 176 valence electrons. The molecule has 0 saturated carbocycles. The third-order valence-corrected chi connectivity index (χ3v) is 5.10. The first kappa shape index (κ1) is 24.7. The van der Waals surface area contributed by atoms with Gasteiger partial charge in [-0.3, -0.25) is 5.10 Å². The topological polar surface area (TPSA) is 92.8 Å². The number of aryl methyl sites for hydroxylation is 1. The Labute approximate surface area is 211 Å². The van der Waals surface area contributed by atoms with Gasteiger partial charge in [-0.2, -0.15) is 5.10 Å². The first-order valence-corrected chi connectivity index (χ1v) is 10.8. The van der Waals surface area contributed by atoms with Gasteiger partial charge in [0.2, 0.25) is 0 Å². The van der Waals surface area contributed by atoms with Crippen LogP contribution in [0.4, 0.5) is 5.69 Å². The number of fused-ring (bicyclic) bond motifs is 1. The predicted octanol–water partition coefficient (Wildman–Crippen LogP) is 4.31. The Hall–Kier alpha value is -2.95. The number of benzene rings is 2. The van der Waals surface area contributed by atoms with Gasteiger partial charge >= 0.3 is 0 Å². The summed E-state index contributed by atoms with van der Waals surface area (Å²) in [5.41, 5.74) is 4.17. The largest absolute Gasteiger partial charge is 0.496 e. The number of guanidine groups is 1. The van der Waals surface area contributed by atoms with E-state index in [0.29, 0.717) is 32.3 Å². The van der Waals surface area contributed by atoms with Gasteiger partial charge in [-0.25, -0.2) is 4.99 Å². The molecular formula is C24H30IN5O3. The first-order chi connectivity index (χ1) is 15.7. The molecule has 0 fully saturated rings. The molecule has 33 heavy (non-hydrogen) atoms. The number of halogens is 1. The van der Waals surface area contributed by atoms with E-state index in [1.165, 1.54) is 5.56 Å². The summed E-state index contributed by atoms with van der Waals surface area (Å²) in [6.07, 6.45) is 3.40. The molecule has 0 saturated heterocycles. The molecule has 0 aliphatic carbocycles. The van der Waals surface area contributed by atoms with Gasteiger partial charge in [-0.1, -0.05) is 17.7 Å². The van der Waals surface area contributed by atoms with E-state index in [0.717, 1.165) is 47.0 Å². The normalized spacial score (nSPS) is 13.0. The van der Waals surface area contributed by atoms with Gasteiger partial charge in [0.25, 0.3) is 0 Å². The minimum atomic E-state index is 0. The van der Waals surface area contributed by atoms with E-state index < -0.39 is 0 Å². The second-order valence-corrected chi connectivity index (χ2v) is 7.58. The summed E-state index contributed by atoms with van der Waals surface area (Å²) in [5.74, 6) is 3.07. The molecule has 0 atom stereocenters. The molecule has 1 aromatic heterocycles. The second-order valence-electron chi connectivity index (χ2n) is 7.58. The van der Waals surface area contributed by atoms with Gasteiger partial charge in [0.05, 0.1) is 32.6 Å². The zero-order valence-corrected chi connectivity index (χ0v) is 21.2. The summed E-state index contributed by atoms with van der Waals surface area (Å²) >= 11 is 0. The molecule has 3 aromatic rings. The Morgan fingerprint density at radius 2 is 1.97 bits per heavy atom. The van der Waals surface area contributed by atoms with Gasteiger partial charge in [0.1, 0.15) is 5.75 Å². The fraction of sp³-hybridized carbons (Fsp3) is 0.333. The number of aromatic nitrogens is 2. The third-order valence-electron chi connectivity index (χ3n) is 5.10. The lowest BCUT2D eigenvalue weighted by atomic mass is 10.1. The molecule has 1 aliphatic rings. The average molecular weight is 563 g/mol. The lowest BCUT2D eigenvalue weighted by Gasteiger charge is -2.15. The summed E-state index contributed by atoms with van der Waals surface area (Å²) in [4.78, 5) is 4.70. The first-order valence-electron chi connectivity index (χ1n) is 10.8. The van der Waals surface area contributed by atoms with Gasteiger partial charge in [0.15, 0.2) is 17.5 Å². The second kappa shape index (κ2) is 12.3. The maximum absolute atomic E-state index is 5.81. The van der Waals surface area contributed by atoms with E-state index in [4.69, 9.17) is 19.2 Å². The minimum Gasteiger partial charge on any atom is -0.496 e. The maximum atomic E-state index is 5.81. The van der Waals surface area contributed by atoms with E-state index in [-0.39, 0.29) is 24.0 Å².